The van der Waals surface area contributed by atoms with E-state index in [4.69, 9.17) is 32.7 Å². The molecule has 0 amide bonds. The molecule has 10 heteroatoms. The highest BCUT2D eigenvalue weighted by Crippen LogP contribution is 2.34. The molecule has 1 aliphatic heterocycles. The molecule has 30 heavy (non-hydrogen) atoms. The average Bonchev–Trinajstić information content (AvgIpc) is 3.21. The van der Waals surface area contributed by atoms with Gasteiger partial charge in [0.2, 0.25) is 5.95 Å². The van der Waals surface area contributed by atoms with Crippen LogP contribution in [0.5, 0.6) is 5.75 Å². The summed E-state index contributed by atoms with van der Waals surface area (Å²) < 4.78 is 10.3. The number of carbonyl (C=O) groups is 1. The Morgan fingerprint density at radius 3 is 2.73 bits per heavy atom. The van der Waals surface area contributed by atoms with Crippen molar-refractivity contribution in [1.29, 1.82) is 0 Å². The summed E-state index contributed by atoms with van der Waals surface area (Å²) in [5, 5.41) is 13.5. The highest BCUT2D eigenvalue weighted by molar-refractivity contribution is 6.37. The minimum atomic E-state index is -0.516. The number of rotatable bonds is 8. The third-order valence-electron chi connectivity index (χ3n) is 4.84. The molecular formula is C20H24Cl2N4O4. The SMILES string of the molecule is CCOC(=O)c1cnc(N2CCC[C@H]2CO)nc1NCc1cc(Cl)c(OC)c(Cl)c1. The Hall–Kier alpha value is -2.29. The van der Waals surface area contributed by atoms with Crippen LogP contribution in [0, 0.1) is 0 Å². The molecule has 2 N–H and O–H groups in total. The number of ether oxygens (including phenoxy) is 2. The molecular weight excluding hydrogens is 431 g/mol. The molecule has 2 aromatic rings. The molecule has 0 aliphatic carbocycles. The van der Waals surface area contributed by atoms with E-state index in [0.717, 1.165) is 24.9 Å². The van der Waals surface area contributed by atoms with Gasteiger partial charge in [0.1, 0.15) is 11.4 Å². The molecule has 0 unspecified atom stereocenters. The van der Waals surface area contributed by atoms with E-state index in [1.807, 2.05) is 4.90 Å². The standard InChI is InChI=1S/C20H24Cl2N4O4/c1-3-30-19(28)14-10-24-20(26-6-4-5-13(26)11-27)25-18(14)23-9-12-7-15(21)17(29-2)16(22)8-12/h7-8,10,13,27H,3-6,9,11H2,1-2H3,(H,23,24,25)/t13-/m0/s1. The van der Waals surface area contributed by atoms with Gasteiger partial charge in [-0.3, -0.25) is 0 Å². The number of esters is 1. The lowest BCUT2D eigenvalue weighted by atomic mass is 10.2. The number of hydrogen-bond acceptors (Lipinski definition) is 8. The Morgan fingerprint density at radius 2 is 2.10 bits per heavy atom. The molecule has 162 valence electrons. The smallest absolute Gasteiger partial charge is 0.343 e. The Kier molecular flexibility index (Phi) is 7.58. The Morgan fingerprint density at radius 1 is 1.37 bits per heavy atom. The van der Waals surface area contributed by atoms with Gasteiger partial charge in [0.05, 0.1) is 36.4 Å². The van der Waals surface area contributed by atoms with Crippen LogP contribution < -0.4 is 15.0 Å². The zero-order valence-corrected chi connectivity index (χ0v) is 18.3. The van der Waals surface area contributed by atoms with E-state index in [9.17, 15) is 9.90 Å². The van der Waals surface area contributed by atoms with Crippen LogP contribution in [-0.2, 0) is 11.3 Å². The van der Waals surface area contributed by atoms with Crippen molar-refractivity contribution < 1.29 is 19.4 Å². The first-order valence-corrected chi connectivity index (χ1v) is 10.4. The topological polar surface area (TPSA) is 96.8 Å². The minimum Gasteiger partial charge on any atom is -0.494 e. The van der Waals surface area contributed by atoms with E-state index >= 15 is 0 Å². The number of aromatic nitrogens is 2. The second-order valence-corrected chi connectivity index (χ2v) is 7.59. The molecule has 2 heterocycles. The van der Waals surface area contributed by atoms with Gasteiger partial charge in [-0.2, -0.15) is 4.98 Å². The molecule has 0 saturated carbocycles. The van der Waals surface area contributed by atoms with E-state index in [1.165, 1.54) is 13.3 Å². The number of aliphatic hydroxyl groups excluding tert-OH is 1. The first-order chi connectivity index (χ1) is 14.5. The lowest BCUT2D eigenvalue weighted by molar-refractivity contribution is 0.0526. The van der Waals surface area contributed by atoms with E-state index in [1.54, 1.807) is 19.1 Å². The van der Waals surface area contributed by atoms with E-state index in [0.29, 0.717) is 34.1 Å². The van der Waals surface area contributed by atoms with Crippen molar-refractivity contribution in [3.8, 4) is 5.75 Å². The molecule has 1 atom stereocenters. The van der Waals surface area contributed by atoms with Crippen molar-refractivity contribution in [1.82, 2.24) is 9.97 Å². The zero-order valence-electron chi connectivity index (χ0n) is 16.8. The summed E-state index contributed by atoms with van der Waals surface area (Å²) in [7, 11) is 1.50. The molecule has 0 spiro atoms. The molecule has 3 rings (SSSR count). The van der Waals surface area contributed by atoms with Crippen molar-refractivity contribution in [3.63, 3.8) is 0 Å². The van der Waals surface area contributed by atoms with Crippen LogP contribution in [0.4, 0.5) is 11.8 Å². The van der Waals surface area contributed by atoms with Crippen molar-refractivity contribution in [2.24, 2.45) is 0 Å². The molecule has 1 aromatic heterocycles. The predicted molar refractivity (Wildman–Crippen MR) is 116 cm³/mol. The van der Waals surface area contributed by atoms with Crippen LogP contribution in [0.15, 0.2) is 18.3 Å². The lowest BCUT2D eigenvalue weighted by Gasteiger charge is -2.23. The molecule has 0 radical (unpaired) electrons. The third-order valence-corrected chi connectivity index (χ3v) is 5.40. The highest BCUT2D eigenvalue weighted by Gasteiger charge is 2.27. The summed E-state index contributed by atoms with van der Waals surface area (Å²) in [6, 6.07) is 3.42. The van der Waals surface area contributed by atoms with Crippen molar-refractivity contribution >= 4 is 40.9 Å². The molecule has 1 aliphatic rings. The monoisotopic (exact) mass is 454 g/mol. The third kappa shape index (κ3) is 4.88. The maximum Gasteiger partial charge on any atom is 0.343 e. The number of carbonyl (C=O) groups excluding carboxylic acids is 1. The number of halogens is 2. The van der Waals surface area contributed by atoms with Gasteiger partial charge in [-0.25, -0.2) is 9.78 Å². The fraction of sp³-hybridized carbons (Fsp3) is 0.450. The summed E-state index contributed by atoms with van der Waals surface area (Å²) in [5.41, 5.74) is 1.02. The summed E-state index contributed by atoms with van der Waals surface area (Å²) in [6.07, 6.45) is 3.26. The maximum atomic E-state index is 12.4. The van der Waals surface area contributed by atoms with Crippen molar-refractivity contribution in [2.45, 2.75) is 32.4 Å². The summed E-state index contributed by atoms with van der Waals surface area (Å²) in [5.74, 6) is 0.679. The Balaban J connectivity index is 1.88. The van der Waals surface area contributed by atoms with Crippen molar-refractivity contribution in [2.75, 3.05) is 37.1 Å². The molecule has 1 fully saturated rings. The second-order valence-electron chi connectivity index (χ2n) is 6.77. The summed E-state index contributed by atoms with van der Waals surface area (Å²) in [4.78, 5) is 23.2. The van der Waals surface area contributed by atoms with Crippen LogP contribution in [0.3, 0.4) is 0 Å². The largest absolute Gasteiger partial charge is 0.494 e. The number of aliphatic hydroxyl groups is 1. The van der Waals surface area contributed by atoms with Gasteiger partial charge in [0.25, 0.3) is 0 Å². The van der Waals surface area contributed by atoms with E-state index in [2.05, 4.69) is 15.3 Å². The molecule has 0 bridgehead atoms. The normalized spacial score (nSPS) is 15.9. The van der Waals surface area contributed by atoms with Gasteiger partial charge >= 0.3 is 5.97 Å². The first-order valence-electron chi connectivity index (χ1n) is 9.65. The number of methoxy groups -OCH3 is 1. The predicted octanol–water partition coefficient (Wildman–Crippen LogP) is 3.54. The van der Waals surface area contributed by atoms with Gasteiger partial charge in [-0.05, 0) is 37.5 Å². The van der Waals surface area contributed by atoms with Crippen LogP contribution in [-0.4, -0.2) is 54.0 Å². The highest BCUT2D eigenvalue weighted by atomic mass is 35.5. The fourth-order valence-corrected chi connectivity index (χ4v) is 4.07. The van der Waals surface area contributed by atoms with Gasteiger partial charge < -0.3 is 24.8 Å². The zero-order chi connectivity index (χ0) is 21.7. The summed E-state index contributed by atoms with van der Waals surface area (Å²) in [6.45, 7) is 3.05. The minimum absolute atomic E-state index is 0.0224. The van der Waals surface area contributed by atoms with Gasteiger partial charge in [-0.1, -0.05) is 23.2 Å². The number of nitrogens with one attached hydrogen (secondary N) is 1. The second kappa shape index (κ2) is 10.1. The lowest BCUT2D eigenvalue weighted by Crippen LogP contribution is -2.33. The number of benzene rings is 1. The van der Waals surface area contributed by atoms with Gasteiger partial charge in [-0.15, -0.1) is 0 Å². The fourth-order valence-electron chi connectivity index (χ4n) is 3.39. The Bertz CT molecular complexity index is 889. The quantitative estimate of drug-likeness (QED) is 0.584. The van der Waals surface area contributed by atoms with E-state index < -0.39 is 5.97 Å². The number of anilines is 2. The van der Waals surface area contributed by atoms with Crippen LogP contribution >= 0.6 is 23.2 Å². The molecule has 8 nitrogen and oxygen atoms in total. The van der Waals surface area contributed by atoms with Crippen molar-refractivity contribution in [3.05, 3.63) is 39.5 Å². The summed E-state index contributed by atoms with van der Waals surface area (Å²) >= 11 is 12.4. The van der Waals surface area contributed by atoms with Gasteiger partial charge in [0.15, 0.2) is 5.75 Å². The van der Waals surface area contributed by atoms with Crippen LogP contribution in [0.1, 0.15) is 35.7 Å². The molecule has 1 aromatic carbocycles. The van der Waals surface area contributed by atoms with Gasteiger partial charge in [0, 0.05) is 19.3 Å². The number of nitrogens with zero attached hydrogens (tertiary/aromatic N) is 3. The maximum absolute atomic E-state index is 12.4. The van der Waals surface area contributed by atoms with E-state index in [-0.39, 0.29) is 24.8 Å². The number of hydrogen-bond donors (Lipinski definition) is 2. The molecule has 1 saturated heterocycles. The van der Waals surface area contributed by atoms with Crippen LogP contribution in [0.25, 0.3) is 0 Å². The first kappa shape index (κ1) is 22.4. The van der Waals surface area contributed by atoms with Crippen LogP contribution in [0.2, 0.25) is 10.0 Å². The average molecular weight is 455 g/mol. The Labute approximate surface area is 185 Å².